The van der Waals surface area contributed by atoms with Gasteiger partial charge < -0.3 is 14.9 Å². The van der Waals surface area contributed by atoms with Crippen LogP contribution < -0.4 is 4.74 Å². The fourth-order valence-electron chi connectivity index (χ4n) is 2.44. The molecule has 0 atom stereocenters. The molecule has 0 aliphatic heterocycles. The second-order valence-electron chi connectivity index (χ2n) is 5.63. The van der Waals surface area contributed by atoms with E-state index in [2.05, 4.69) is 0 Å². The quantitative estimate of drug-likeness (QED) is 0.665. The maximum absolute atomic E-state index is 12.3. The highest BCUT2D eigenvalue weighted by Gasteiger charge is 2.13. The molecule has 3 aromatic rings. The first-order valence-corrected chi connectivity index (χ1v) is 7.92. The number of carbonyl (C=O) groups excluding carboxylic acids is 2. The van der Waals surface area contributed by atoms with Gasteiger partial charge in [0.1, 0.15) is 17.2 Å². The summed E-state index contributed by atoms with van der Waals surface area (Å²) in [5.74, 6) is -0.517. The van der Waals surface area contributed by atoms with Crippen molar-refractivity contribution in [1.82, 2.24) is 0 Å². The molecule has 0 saturated carbocycles. The van der Waals surface area contributed by atoms with Gasteiger partial charge in [-0.3, -0.25) is 9.59 Å². The summed E-state index contributed by atoms with van der Waals surface area (Å²) >= 11 is 0. The maximum atomic E-state index is 12.3. The summed E-state index contributed by atoms with van der Waals surface area (Å²) in [6.45, 7) is -0.273. The first-order valence-electron chi connectivity index (χ1n) is 7.92. The average Bonchev–Trinajstić information content (AvgIpc) is 2.66. The van der Waals surface area contributed by atoms with E-state index in [9.17, 15) is 19.8 Å². The third kappa shape index (κ3) is 3.89. The Kier molecular flexibility index (Phi) is 4.99. The van der Waals surface area contributed by atoms with Gasteiger partial charge in [-0.05, 0) is 36.4 Å². The standard InChI is InChI=1S/C21H16O5/c22-16-8-11-18(19(23)12-16)20(24)13-26-17-9-6-15(7-10-17)21(25)14-4-2-1-3-5-14/h1-12,22-23H,13H2. The average molecular weight is 348 g/mol. The van der Waals surface area contributed by atoms with Crippen LogP contribution in [0.15, 0.2) is 72.8 Å². The van der Waals surface area contributed by atoms with Crippen LogP contribution in [0.25, 0.3) is 0 Å². The highest BCUT2D eigenvalue weighted by Crippen LogP contribution is 2.23. The Balaban J connectivity index is 1.64. The minimum Gasteiger partial charge on any atom is -0.508 e. The molecule has 2 N–H and O–H groups in total. The van der Waals surface area contributed by atoms with E-state index < -0.39 is 5.78 Å². The number of benzene rings is 3. The van der Waals surface area contributed by atoms with Crippen molar-refractivity contribution >= 4 is 11.6 Å². The number of hydrogen-bond donors (Lipinski definition) is 2. The van der Waals surface area contributed by atoms with E-state index in [4.69, 9.17) is 4.74 Å². The second-order valence-corrected chi connectivity index (χ2v) is 5.63. The third-order valence-electron chi connectivity index (χ3n) is 3.80. The Labute approximate surface area is 150 Å². The summed E-state index contributed by atoms with van der Waals surface area (Å²) in [6.07, 6.45) is 0. The van der Waals surface area contributed by atoms with Crippen LogP contribution >= 0.6 is 0 Å². The van der Waals surface area contributed by atoms with Crippen LogP contribution in [-0.4, -0.2) is 28.4 Å². The van der Waals surface area contributed by atoms with Crippen molar-refractivity contribution in [2.24, 2.45) is 0 Å². The molecular weight excluding hydrogens is 332 g/mol. The number of Topliss-reactive ketones (excluding diaryl/α,β-unsaturated/α-hetero) is 1. The summed E-state index contributed by atoms with van der Waals surface area (Å²) in [7, 11) is 0. The Morgan fingerprint density at radius 1 is 0.808 bits per heavy atom. The highest BCUT2D eigenvalue weighted by atomic mass is 16.5. The molecule has 0 saturated heterocycles. The molecule has 0 aliphatic rings. The largest absolute Gasteiger partial charge is 0.508 e. The minimum atomic E-state index is -0.424. The van der Waals surface area contributed by atoms with Gasteiger partial charge in [-0.25, -0.2) is 0 Å². The Hall–Kier alpha value is -3.60. The summed E-state index contributed by atoms with van der Waals surface area (Å²) in [5.41, 5.74) is 1.18. The lowest BCUT2D eigenvalue weighted by Gasteiger charge is -2.08. The second kappa shape index (κ2) is 7.53. The Morgan fingerprint density at radius 3 is 2.12 bits per heavy atom. The SMILES string of the molecule is O=C(c1ccccc1)c1ccc(OCC(=O)c2ccc(O)cc2O)cc1. The van der Waals surface area contributed by atoms with Crippen molar-refractivity contribution in [3.8, 4) is 17.2 Å². The molecule has 0 amide bonds. The van der Waals surface area contributed by atoms with E-state index >= 15 is 0 Å². The number of ether oxygens (including phenoxy) is 1. The zero-order chi connectivity index (χ0) is 18.5. The van der Waals surface area contributed by atoms with Gasteiger partial charge in [-0.15, -0.1) is 0 Å². The van der Waals surface area contributed by atoms with E-state index in [-0.39, 0.29) is 29.5 Å². The molecule has 0 radical (unpaired) electrons. The van der Waals surface area contributed by atoms with Crippen LogP contribution in [0.3, 0.4) is 0 Å². The van der Waals surface area contributed by atoms with Crippen LogP contribution in [0, 0.1) is 0 Å². The Morgan fingerprint density at radius 2 is 1.46 bits per heavy atom. The summed E-state index contributed by atoms with van der Waals surface area (Å²) in [4.78, 5) is 24.4. The highest BCUT2D eigenvalue weighted by molar-refractivity contribution is 6.09. The first kappa shape index (κ1) is 17.2. The third-order valence-corrected chi connectivity index (χ3v) is 3.80. The van der Waals surface area contributed by atoms with Crippen LogP contribution in [0.5, 0.6) is 17.2 Å². The van der Waals surface area contributed by atoms with Gasteiger partial charge in [0.2, 0.25) is 5.78 Å². The number of phenolic OH excluding ortho intramolecular Hbond substituents is 2. The molecule has 3 aromatic carbocycles. The van der Waals surface area contributed by atoms with Crippen molar-refractivity contribution < 1.29 is 24.5 Å². The monoisotopic (exact) mass is 348 g/mol. The van der Waals surface area contributed by atoms with Gasteiger partial charge in [0.05, 0.1) is 5.56 Å². The van der Waals surface area contributed by atoms with Crippen LogP contribution in [0.4, 0.5) is 0 Å². The lowest BCUT2D eigenvalue weighted by atomic mass is 10.0. The number of ketones is 2. The number of hydrogen-bond acceptors (Lipinski definition) is 5. The zero-order valence-electron chi connectivity index (χ0n) is 13.8. The molecule has 0 aromatic heterocycles. The van der Waals surface area contributed by atoms with Crippen molar-refractivity contribution in [2.75, 3.05) is 6.61 Å². The smallest absolute Gasteiger partial charge is 0.203 e. The predicted octanol–water partition coefficient (Wildman–Crippen LogP) is 3.59. The number of rotatable bonds is 6. The molecule has 0 aliphatic carbocycles. The molecule has 130 valence electrons. The molecule has 3 rings (SSSR count). The lowest BCUT2D eigenvalue weighted by molar-refractivity contribution is 0.0918. The van der Waals surface area contributed by atoms with Gasteiger partial charge in [0.25, 0.3) is 0 Å². The molecule has 0 fully saturated rings. The fourth-order valence-corrected chi connectivity index (χ4v) is 2.44. The van der Waals surface area contributed by atoms with Crippen molar-refractivity contribution in [3.63, 3.8) is 0 Å². The minimum absolute atomic E-state index is 0.0682. The van der Waals surface area contributed by atoms with Crippen LogP contribution in [0.2, 0.25) is 0 Å². The van der Waals surface area contributed by atoms with Gasteiger partial charge in [-0.1, -0.05) is 30.3 Å². The van der Waals surface area contributed by atoms with Gasteiger partial charge in [0.15, 0.2) is 12.4 Å². The molecule has 26 heavy (non-hydrogen) atoms. The first-order chi connectivity index (χ1) is 12.5. The van der Waals surface area contributed by atoms with E-state index in [0.29, 0.717) is 16.9 Å². The molecule has 0 spiro atoms. The molecule has 5 nitrogen and oxygen atoms in total. The number of carbonyl (C=O) groups is 2. The topological polar surface area (TPSA) is 83.8 Å². The summed E-state index contributed by atoms with van der Waals surface area (Å²) < 4.78 is 5.41. The predicted molar refractivity (Wildman–Crippen MR) is 95.9 cm³/mol. The Bertz CT molecular complexity index is 930. The van der Waals surface area contributed by atoms with Gasteiger partial charge >= 0.3 is 0 Å². The molecule has 5 heteroatoms. The van der Waals surface area contributed by atoms with E-state index in [0.717, 1.165) is 6.07 Å². The molecule has 0 unspecified atom stereocenters. The fraction of sp³-hybridized carbons (Fsp3) is 0.0476. The van der Waals surface area contributed by atoms with Gasteiger partial charge in [0, 0.05) is 17.2 Å². The van der Waals surface area contributed by atoms with Crippen LogP contribution in [-0.2, 0) is 0 Å². The lowest BCUT2D eigenvalue weighted by Crippen LogP contribution is -2.11. The molecule has 0 heterocycles. The van der Waals surface area contributed by atoms with E-state index in [1.807, 2.05) is 6.07 Å². The van der Waals surface area contributed by atoms with E-state index in [1.54, 1.807) is 48.5 Å². The molecule has 0 bridgehead atoms. The zero-order valence-corrected chi connectivity index (χ0v) is 13.8. The van der Waals surface area contributed by atoms with Crippen molar-refractivity contribution in [3.05, 3.63) is 89.5 Å². The molecular formula is C21H16O5. The number of aromatic hydroxyl groups is 2. The van der Waals surface area contributed by atoms with E-state index in [1.165, 1.54) is 12.1 Å². The van der Waals surface area contributed by atoms with Crippen molar-refractivity contribution in [2.45, 2.75) is 0 Å². The summed E-state index contributed by atoms with van der Waals surface area (Å²) in [5, 5.41) is 18.9. The van der Waals surface area contributed by atoms with Gasteiger partial charge in [-0.2, -0.15) is 0 Å². The van der Waals surface area contributed by atoms with Crippen molar-refractivity contribution in [1.29, 1.82) is 0 Å². The summed E-state index contributed by atoms with van der Waals surface area (Å²) in [6, 6.07) is 19.2. The van der Waals surface area contributed by atoms with Crippen LogP contribution in [0.1, 0.15) is 26.3 Å². The maximum Gasteiger partial charge on any atom is 0.203 e. The normalized spacial score (nSPS) is 10.3. The number of phenols is 2.